The van der Waals surface area contributed by atoms with Gasteiger partial charge in [-0.2, -0.15) is 0 Å². The first kappa shape index (κ1) is 11.0. The van der Waals surface area contributed by atoms with Crippen molar-refractivity contribution in [2.75, 3.05) is 19.7 Å². The van der Waals surface area contributed by atoms with E-state index in [4.69, 9.17) is 4.74 Å². The van der Waals surface area contributed by atoms with Gasteiger partial charge in [0.15, 0.2) is 0 Å². The van der Waals surface area contributed by atoms with Crippen LogP contribution in [0.15, 0.2) is 16.7 Å². The normalized spacial score (nSPS) is 23.5. The second-order valence-electron chi connectivity index (χ2n) is 4.24. The lowest BCUT2D eigenvalue weighted by Gasteiger charge is -2.33. The van der Waals surface area contributed by atoms with Crippen molar-refractivity contribution < 1.29 is 9.53 Å². The molecule has 1 aromatic heterocycles. The Morgan fingerprint density at radius 1 is 1.59 bits per heavy atom. The van der Waals surface area contributed by atoms with Crippen molar-refractivity contribution in [3.63, 3.8) is 0 Å². The number of nitrogens with one attached hydrogen (secondary N) is 1. The number of amides is 1. The summed E-state index contributed by atoms with van der Waals surface area (Å²) in [7, 11) is 0. The molecule has 1 atom stereocenters. The Kier molecular flexibility index (Phi) is 2.76. The molecule has 0 aliphatic carbocycles. The van der Waals surface area contributed by atoms with Crippen LogP contribution in [0.4, 0.5) is 0 Å². The summed E-state index contributed by atoms with van der Waals surface area (Å²) >= 11 is 3.39. The maximum atomic E-state index is 11.9. The molecule has 1 N–H and O–H groups in total. The van der Waals surface area contributed by atoms with Gasteiger partial charge >= 0.3 is 0 Å². The Bertz CT molecular complexity index is 466. The third-order valence-electron chi connectivity index (χ3n) is 3.06. The van der Waals surface area contributed by atoms with Crippen LogP contribution < -0.4 is 10.1 Å². The number of aromatic nitrogens is 1. The van der Waals surface area contributed by atoms with Gasteiger partial charge in [0.1, 0.15) is 6.61 Å². The summed E-state index contributed by atoms with van der Waals surface area (Å²) < 4.78 is 6.56. The van der Waals surface area contributed by atoms with Gasteiger partial charge in [0.2, 0.25) is 11.8 Å². The van der Waals surface area contributed by atoms with Crippen LogP contribution in [0.1, 0.15) is 5.56 Å². The van der Waals surface area contributed by atoms with Gasteiger partial charge in [-0.15, -0.1) is 0 Å². The summed E-state index contributed by atoms with van der Waals surface area (Å²) in [6, 6.07) is 2.06. The van der Waals surface area contributed by atoms with E-state index in [1.165, 1.54) is 0 Å². The number of hydrogen-bond donors (Lipinski definition) is 1. The molecule has 0 bridgehead atoms. The molecule has 0 saturated carbocycles. The zero-order chi connectivity index (χ0) is 11.8. The first-order valence-corrected chi connectivity index (χ1v) is 6.31. The van der Waals surface area contributed by atoms with Gasteiger partial charge in [0.05, 0.1) is 19.1 Å². The highest BCUT2D eigenvalue weighted by molar-refractivity contribution is 9.10. The van der Waals surface area contributed by atoms with Crippen LogP contribution in [0, 0.1) is 0 Å². The molecule has 5 nitrogen and oxygen atoms in total. The maximum Gasteiger partial charge on any atom is 0.237 e. The molecule has 2 aliphatic heterocycles. The molecule has 6 heteroatoms. The number of pyridine rings is 1. The lowest BCUT2D eigenvalue weighted by atomic mass is 10.1. The Morgan fingerprint density at radius 3 is 3.35 bits per heavy atom. The van der Waals surface area contributed by atoms with Crippen LogP contribution in [-0.2, 0) is 11.3 Å². The van der Waals surface area contributed by atoms with E-state index in [0.717, 1.165) is 16.6 Å². The number of carbonyl (C=O) groups is 1. The van der Waals surface area contributed by atoms with Crippen molar-refractivity contribution in [1.29, 1.82) is 0 Å². The highest BCUT2D eigenvalue weighted by Gasteiger charge is 2.31. The van der Waals surface area contributed by atoms with Crippen molar-refractivity contribution in [2.45, 2.75) is 12.6 Å². The predicted octanol–water partition coefficient (Wildman–Crippen LogP) is 0.537. The zero-order valence-electron chi connectivity index (χ0n) is 9.15. The zero-order valence-corrected chi connectivity index (χ0v) is 10.7. The number of rotatable bonds is 0. The summed E-state index contributed by atoms with van der Waals surface area (Å²) in [4.78, 5) is 18.0. The Balaban J connectivity index is 1.95. The second kappa shape index (κ2) is 4.27. The fourth-order valence-corrected chi connectivity index (χ4v) is 2.58. The van der Waals surface area contributed by atoms with E-state index < -0.39 is 0 Å². The molecule has 3 rings (SSSR count). The number of halogens is 1. The van der Waals surface area contributed by atoms with E-state index in [9.17, 15) is 4.79 Å². The molecule has 0 unspecified atom stereocenters. The van der Waals surface area contributed by atoms with E-state index in [1.807, 2.05) is 11.0 Å². The van der Waals surface area contributed by atoms with Crippen molar-refractivity contribution >= 4 is 21.8 Å². The molecular formula is C11H12BrN3O2. The minimum atomic E-state index is 0.101. The minimum Gasteiger partial charge on any atom is -0.475 e. The largest absolute Gasteiger partial charge is 0.475 e. The molecular weight excluding hydrogens is 286 g/mol. The van der Waals surface area contributed by atoms with Gasteiger partial charge in [0, 0.05) is 22.8 Å². The highest BCUT2D eigenvalue weighted by Crippen LogP contribution is 2.26. The molecule has 0 aromatic carbocycles. The summed E-state index contributed by atoms with van der Waals surface area (Å²) in [5.41, 5.74) is 0.956. The number of nitrogens with zero attached hydrogens (tertiary/aromatic N) is 2. The fraction of sp³-hybridized carbons (Fsp3) is 0.455. The molecule has 0 radical (unpaired) electrons. The summed E-state index contributed by atoms with van der Waals surface area (Å²) in [5.74, 6) is 0.757. The monoisotopic (exact) mass is 297 g/mol. The summed E-state index contributed by atoms with van der Waals surface area (Å²) in [6.45, 7) is 2.27. The molecule has 1 saturated heterocycles. The quantitative estimate of drug-likeness (QED) is 0.759. The number of ether oxygens (including phenoxy) is 1. The smallest absolute Gasteiger partial charge is 0.237 e. The number of carbonyl (C=O) groups excluding carboxylic acids is 1. The van der Waals surface area contributed by atoms with Gasteiger partial charge in [-0.1, -0.05) is 0 Å². The van der Waals surface area contributed by atoms with Crippen molar-refractivity contribution in [3.05, 3.63) is 22.3 Å². The van der Waals surface area contributed by atoms with Crippen LogP contribution in [-0.4, -0.2) is 41.5 Å². The Labute approximate surface area is 107 Å². The SMILES string of the molecule is O=C1CNC[C@H]2COc3ncc(Br)cc3CN12. The van der Waals surface area contributed by atoms with E-state index in [0.29, 0.717) is 25.6 Å². The fourth-order valence-electron chi connectivity index (χ4n) is 2.20. The lowest BCUT2D eigenvalue weighted by molar-refractivity contribution is -0.135. The molecule has 0 spiro atoms. The van der Waals surface area contributed by atoms with E-state index in [-0.39, 0.29) is 11.9 Å². The summed E-state index contributed by atoms with van der Waals surface area (Å²) in [6.07, 6.45) is 1.71. The van der Waals surface area contributed by atoms with E-state index in [1.54, 1.807) is 6.20 Å². The number of fused-ring (bicyclic) bond motifs is 2. The van der Waals surface area contributed by atoms with Crippen molar-refractivity contribution in [2.24, 2.45) is 0 Å². The molecule has 1 fully saturated rings. The Morgan fingerprint density at radius 2 is 2.47 bits per heavy atom. The van der Waals surface area contributed by atoms with Gasteiger partial charge < -0.3 is 15.0 Å². The molecule has 1 aromatic rings. The van der Waals surface area contributed by atoms with Crippen LogP contribution in [0.25, 0.3) is 0 Å². The standard InChI is InChI=1S/C11H12BrN3O2/c12-8-1-7-5-15-9(3-13-4-10(15)16)6-17-11(7)14-2-8/h1-2,9,13H,3-6H2/t9-/m0/s1. The topological polar surface area (TPSA) is 54.5 Å². The molecule has 3 heterocycles. The Hall–Kier alpha value is -1.14. The second-order valence-corrected chi connectivity index (χ2v) is 5.15. The third kappa shape index (κ3) is 2.02. The third-order valence-corrected chi connectivity index (χ3v) is 3.50. The number of piperazine rings is 1. The van der Waals surface area contributed by atoms with Gasteiger partial charge in [-0.25, -0.2) is 4.98 Å². The maximum absolute atomic E-state index is 11.9. The van der Waals surface area contributed by atoms with Gasteiger partial charge in [0.25, 0.3) is 0 Å². The van der Waals surface area contributed by atoms with Crippen molar-refractivity contribution in [3.8, 4) is 5.88 Å². The van der Waals surface area contributed by atoms with Crippen LogP contribution in [0.5, 0.6) is 5.88 Å². The summed E-state index contributed by atoms with van der Waals surface area (Å²) in [5, 5.41) is 3.10. The average molecular weight is 298 g/mol. The first-order chi connectivity index (χ1) is 8.24. The van der Waals surface area contributed by atoms with E-state index in [2.05, 4.69) is 26.2 Å². The number of hydrogen-bond acceptors (Lipinski definition) is 4. The molecule has 17 heavy (non-hydrogen) atoms. The lowest BCUT2D eigenvalue weighted by Crippen LogP contribution is -2.55. The predicted molar refractivity (Wildman–Crippen MR) is 64.6 cm³/mol. The van der Waals surface area contributed by atoms with Gasteiger partial charge in [-0.3, -0.25) is 4.79 Å². The average Bonchev–Trinajstić information content (AvgIpc) is 2.49. The molecule has 1 amide bonds. The van der Waals surface area contributed by atoms with Gasteiger partial charge in [-0.05, 0) is 22.0 Å². The molecule has 2 aliphatic rings. The van der Waals surface area contributed by atoms with Crippen LogP contribution >= 0.6 is 15.9 Å². The van der Waals surface area contributed by atoms with Crippen LogP contribution in [0.2, 0.25) is 0 Å². The first-order valence-electron chi connectivity index (χ1n) is 5.51. The van der Waals surface area contributed by atoms with E-state index >= 15 is 0 Å². The highest BCUT2D eigenvalue weighted by atomic mass is 79.9. The van der Waals surface area contributed by atoms with Crippen molar-refractivity contribution in [1.82, 2.24) is 15.2 Å². The van der Waals surface area contributed by atoms with Crippen LogP contribution in [0.3, 0.4) is 0 Å². The molecule has 90 valence electrons. The minimum absolute atomic E-state index is 0.101.